The summed E-state index contributed by atoms with van der Waals surface area (Å²) < 4.78 is 5.46. The van der Waals surface area contributed by atoms with E-state index in [2.05, 4.69) is 18.7 Å². The molecule has 1 aromatic carbocycles. The van der Waals surface area contributed by atoms with E-state index in [-0.39, 0.29) is 0 Å². The van der Waals surface area contributed by atoms with Crippen LogP contribution in [0.1, 0.15) is 17.5 Å². The lowest BCUT2D eigenvalue weighted by Gasteiger charge is -2.05. The normalized spacial score (nSPS) is 13.8. The summed E-state index contributed by atoms with van der Waals surface area (Å²) in [5.41, 5.74) is 2.95. The summed E-state index contributed by atoms with van der Waals surface area (Å²) in [6, 6.07) is 6.39. The van der Waals surface area contributed by atoms with Crippen molar-refractivity contribution < 1.29 is 4.74 Å². The molecule has 1 nitrogen and oxygen atoms in total. The second kappa shape index (κ2) is 3.65. The average Bonchev–Trinajstić information content (AvgIpc) is 2.61. The Morgan fingerprint density at radius 3 is 3.00 bits per heavy atom. The molecule has 0 saturated carbocycles. The first-order valence-electron chi connectivity index (χ1n) is 4.75. The molecule has 0 heterocycles. The van der Waals surface area contributed by atoms with E-state index in [1.165, 1.54) is 30.4 Å². The molecule has 2 rings (SSSR count). The first-order valence-corrected chi connectivity index (χ1v) is 4.75. The highest BCUT2D eigenvalue weighted by molar-refractivity contribution is 5.38. The molecule has 0 radical (unpaired) electrons. The van der Waals surface area contributed by atoms with Gasteiger partial charge < -0.3 is 4.74 Å². The van der Waals surface area contributed by atoms with E-state index in [0.29, 0.717) is 6.61 Å². The van der Waals surface area contributed by atoms with Gasteiger partial charge in [-0.05, 0) is 42.5 Å². The maximum Gasteiger partial charge on any atom is 0.120 e. The van der Waals surface area contributed by atoms with Crippen LogP contribution < -0.4 is 4.74 Å². The first-order chi connectivity index (χ1) is 6.40. The van der Waals surface area contributed by atoms with Crippen LogP contribution >= 0.6 is 0 Å². The van der Waals surface area contributed by atoms with Crippen molar-refractivity contribution in [1.82, 2.24) is 0 Å². The van der Waals surface area contributed by atoms with E-state index >= 15 is 0 Å². The number of hydrogen-bond acceptors (Lipinski definition) is 1. The summed E-state index contributed by atoms with van der Waals surface area (Å²) in [4.78, 5) is 0. The third kappa shape index (κ3) is 1.74. The third-order valence-electron chi connectivity index (χ3n) is 2.44. The fourth-order valence-electron chi connectivity index (χ4n) is 1.79. The Morgan fingerprint density at radius 2 is 2.15 bits per heavy atom. The van der Waals surface area contributed by atoms with Gasteiger partial charge in [0.05, 0.1) is 0 Å². The summed E-state index contributed by atoms with van der Waals surface area (Å²) in [6.07, 6.45) is 5.51. The van der Waals surface area contributed by atoms with Crippen molar-refractivity contribution >= 4 is 0 Å². The predicted octanol–water partition coefficient (Wildman–Crippen LogP) is 2.74. The molecule has 1 heteroatoms. The molecule has 0 unspecified atom stereocenters. The number of hydrogen-bond donors (Lipinski definition) is 0. The van der Waals surface area contributed by atoms with Gasteiger partial charge in [0.2, 0.25) is 0 Å². The minimum atomic E-state index is 0.596. The molecule has 0 N–H and O–H groups in total. The van der Waals surface area contributed by atoms with Crippen LogP contribution in [0.25, 0.3) is 0 Å². The summed E-state index contributed by atoms with van der Waals surface area (Å²) in [5, 5.41) is 0. The summed E-state index contributed by atoms with van der Waals surface area (Å²) in [7, 11) is 0. The van der Waals surface area contributed by atoms with Gasteiger partial charge in [0.15, 0.2) is 0 Å². The summed E-state index contributed by atoms with van der Waals surface area (Å²) in [6.45, 7) is 4.22. The Balaban J connectivity index is 2.16. The molecule has 0 aromatic heterocycles. The molecule has 0 fully saturated rings. The number of ether oxygens (including phenoxy) is 1. The van der Waals surface area contributed by atoms with Crippen LogP contribution in [0, 0.1) is 0 Å². The predicted molar refractivity (Wildman–Crippen MR) is 54.2 cm³/mol. The van der Waals surface area contributed by atoms with Crippen molar-refractivity contribution in [2.45, 2.75) is 19.3 Å². The largest absolute Gasteiger partial charge is 0.490 e. The second-order valence-corrected chi connectivity index (χ2v) is 3.38. The van der Waals surface area contributed by atoms with Gasteiger partial charge in [-0.3, -0.25) is 0 Å². The fraction of sp³-hybridized carbons (Fsp3) is 0.333. The van der Waals surface area contributed by atoms with Crippen molar-refractivity contribution in [2.75, 3.05) is 6.61 Å². The van der Waals surface area contributed by atoms with Crippen LogP contribution in [0.3, 0.4) is 0 Å². The molecular formula is C12H14O. The monoisotopic (exact) mass is 174 g/mol. The molecule has 13 heavy (non-hydrogen) atoms. The van der Waals surface area contributed by atoms with Crippen molar-refractivity contribution in [1.29, 1.82) is 0 Å². The van der Waals surface area contributed by atoms with E-state index in [9.17, 15) is 0 Å². The van der Waals surface area contributed by atoms with Gasteiger partial charge in [-0.25, -0.2) is 0 Å². The molecule has 0 spiro atoms. The lowest BCUT2D eigenvalue weighted by Crippen LogP contribution is -1.93. The number of benzene rings is 1. The highest BCUT2D eigenvalue weighted by Gasteiger charge is 2.10. The fourth-order valence-corrected chi connectivity index (χ4v) is 1.79. The SMILES string of the molecule is C=CCOc1ccc2c(c1)CCC2. The quantitative estimate of drug-likeness (QED) is 0.640. The van der Waals surface area contributed by atoms with Gasteiger partial charge in [-0.1, -0.05) is 18.7 Å². The Hall–Kier alpha value is -1.24. The zero-order valence-electron chi connectivity index (χ0n) is 7.75. The minimum absolute atomic E-state index is 0.596. The summed E-state index contributed by atoms with van der Waals surface area (Å²) in [5.74, 6) is 0.973. The van der Waals surface area contributed by atoms with Crippen LogP contribution in [-0.4, -0.2) is 6.61 Å². The van der Waals surface area contributed by atoms with E-state index in [0.717, 1.165) is 5.75 Å². The van der Waals surface area contributed by atoms with Crippen LogP contribution in [0.15, 0.2) is 30.9 Å². The van der Waals surface area contributed by atoms with E-state index in [4.69, 9.17) is 4.74 Å². The van der Waals surface area contributed by atoms with Gasteiger partial charge in [0.25, 0.3) is 0 Å². The van der Waals surface area contributed by atoms with Gasteiger partial charge in [-0.2, -0.15) is 0 Å². The Morgan fingerprint density at radius 1 is 1.31 bits per heavy atom. The van der Waals surface area contributed by atoms with Crippen LogP contribution in [0.4, 0.5) is 0 Å². The van der Waals surface area contributed by atoms with Crippen LogP contribution in [0.2, 0.25) is 0 Å². The molecular weight excluding hydrogens is 160 g/mol. The first kappa shape index (κ1) is 8.36. The lowest BCUT2D eigenvalue weighted by molar-refractivity contribution is 0.363. The Kier molecular flexibility index (Phi) is 2.35. The molecule has 1 aromatic rings. The number of fused-ring (bicyclic) bond motifs is 1. The van der Waals surface area contributed by atoms with Crippen LogP contribution in [-0.2, 0) is 12.8 Å². The molecule has 1 aliphatic carbocycles. The van der Waals surface area contributed by atoms with Gasteiger partial charge in [0.1, 0.15) is 12.4 Å². The molecule has 68 valence electrons. The smallest absolute Gasteiger partial charge is 0.120 e. The third-order valence-corrected chi connectivity index (χ3v) is 2.44. The topological polar surface area (TPSA) is 9.23 Å². The molecule has 0 aliphatic heterocycles. The van der Waals surface area contributed by atoms with E-state index in [1.54, 1.807) is 6.08 Å². The highest BCUT2D eigenvalue weighted by atomic mass is 16.5. The molecule has 0 amide bonds. The average molecular weight is 174 g/mol. The Labute approximate surface area is 79.0 Å². The molecule has 0 saturated heterocycles. The number of rotatable bonds is 3. The Bertz CT molecular complexity index is 315. The molecule has 0 atom stereocenters. The van der Waals surface area contributed by atoms with Gasteiger partial charge in [-0.15, -0.1) is 0 Å². The molecule has 0 bridgehead atoms. The standard InChI is InChI=1S/C12H14O/c1-2-8-13-12-7-6-10-4-3-5-11(10)9-12/h2,6-7,9H,1,3-5,8H2. The zero-order valence-corrected chi connectivity index (χ0v) is 7.75. The lowest BCUT2D eigenvalue weighted by atomic mass is 10.1. The summed E-state index contributed by atoms with van der Waals surface area (Å²) >= 11 is 0. The van der Waals surface area contributed by atoms with E-state index in [1.807, 2.05) is 6.07 Å². The van der Waals surface area contributed by atoms with Crippen LogP contribution in [0.5, 0.6) is 5.75 Å². The van der Waals surface area contributed by atoms with Crippen molar-refractivity contribution in [2.24, 2.45) is 0 Å². The van der Waals surface area contributed by atoms with Crippen molar-refractivity contribution in [3.63, 3.8) is 0 Å². The maximum absolute atomic E-state index is 5.46. The van der Waals surface area contributed by atoms with Gasteiger partial charge in [0, 0.05) is 0 Å². The van der Waals surface area contributed by atoms with Gasteiger partial charge >= 0.3 is 0 Å². The van der Waals surface area contributed by atoms with Crippen molar-refractivity contribution in [3.8, 4) is 5.75 Å². The van der Waals surface area contributed by atoms with E-state index < -0.39 is 0 Å². The maximum atomic E-state index is 5.46. The number of aryl methyl sites for hydroxylation is 2. The van der Waals surface area contributed by atoms with Crippen molar-refractivity contribution in [3.05, 3.63) is 42.0 Å². The highest BCUT2D eigenvalue weighted by Crippen LogP contribution is 2.25. The second-order valence-electron chi connectivity index (χ2n) is 3.38. The minimum Gasteiger partial charge on any atom is -0.490 e. The molecule has 1 aliphatic rings. The zero-order chi connectivity index (χ0) is 9.10.